The fraction of sp³-hybridized carbons (Fsp3) is 0.333. The van der Waals surface area contributed by atoms with Gasteiger partial charge >= 0.3 is 6.18 Å². The first kappa shape index (κ1) is 14.2. The molecule has 0 fully saturated rings. The van der Waals surface area contributed by atoms with Crippen molar-refractivity contribution in [3.8, 4) is 0 Å². The summed E-state index contributed by atoms with van der Waals surface area (Å²) in [6, 6.07) is -0.585. The largest absolute Gasteiger partial charge is 0.408 e. The van der Waals surface area contributed by atoms with Crippen LogP contribution in [0.15, 0.2) is 16.7 Å². The monoisotopic (exact) mass is 330 g/mol. The first-order valence-corrected chi connectivity index (χ1v) is 5.57. The van der Waals surface area contributed by atoms with E-state index in [0.29, 0.717) is 4.47 Å². The van der Waals surface area contributed by atoms with E-state index in [9.17, 15) is 18.0 Å². The second kappa shape index (κ2) is 5.22. The van der Waals surface area contributed by atoms with Gasteiger partial charge in [0.1, 0.15) is 11.7 Å². The molecule has 8 heteroatoms. The van der Waals surface area contributed by atoms with Gasteiger partial charge in [-0.2, -0.15) is 13.2 Å². The molecule has 0 bridgehead atoms. The van der Waals surface area contributed by atoms with Crippen molar-refractivity contribution in [1.29, 1.82) is 0 Å². The van der Waals surface area contributed by atoms with Crippen molar-refractivity contribution in [1.82, 2.24) is 10.3 Å². The van der Waals surface area contributed by atoms with E-state index >= 15 is 0 Å². The fourth-order valence-electron chi connectivity index (χ4n) is 0.928. The smallest absolute Gasteiger partial charge is 0.339 e. The molecule has 0 aliphatic carbocycles. The van der Waals surface area contributed by atoms with E-state index < -0.39 is 18.1 Å². The summed E-state index contributed by atoms with van der Waals surface area (Å²) in [5.74, 6) is -0.965. The lowest BCUT2D eigenvalue weighted by Gasteiger charge is -2.17. The number of halogens is 5. The molecule has 0 unspecified atom stereocenters. The van der Waals surface area contributed by atoms with E-state index in [-0.39, 0.29) is 10.7 Å². The molecule has 0 aromatic carbocycles. The van der Waals surface area contributed by atoms with Crippen LogP contribution in [0.5, 0.6) is 0 Å². The van der Waals surface area contributed by atoms with Crippen LogP contribution in [0, 0.1) is 0 Å². The minimum atomic E-state index is -4.50. The highest BCUT2D eigenvalue weighted by Gasteiger charge is 2.37. The number of hydrogen-bond donors (Lipinski definition) is 1. The Bertz CT molecular complexity index is 439. The number of amides is 1. The first-order chi connectivity index (χ1) is 7.71. The van der Waals surface area contributed by atoms with Crippen LogP contribution in [-0.2, 0) is 0 Å². The number of alkyl halides is 3. The molecule has 0 saturated carbocycles. The zero-order valence-electron chi connectivity index (χ0n) is 8.48. The van der Waals surface area contributed by atoms with Crippen LogP contribution < -0.4 is 5.32 Å². The molecule has 0 aliphatic heterocycles. The third-order valence-corrected chi connectivity index (χ3v) is 2.58. The van der Waals surface area contributed by atoms with Crippen LogP contribution in [0.3, 0.4) is 0 Å². The zero-order valence-corrected chi connectivity index (χ0v) is 10.8. The lowest BCUT2D eigenvalue weighted by molar-refractivity contribution is -0.149. The fourth-order valence-corrected chi connectivity index (χ4v) is 1.64. The van der Waals surface area contributed by atoms with Gasteiger partial charge in [0.05, 0.1) is 5.02 Å². The second-order valence-corrected chi connectivity index (χ2v) is 4.54. The van der Waals surface area contributed by atoms with Crippen LogP contribution in [0.4, 0.5) is 13.2 Å². The molecule has 0 radical (unpaired) electrons. The van der Waals surface area contributed by atoms with Crippen LogP contribution in [0.25, 0.3) is 0 Å². The van der Waals surface area contributed by atoms with E-state index in [1.165, 1.54) is 12.3 Å². The van der Waals surface area contributed by atoms with Crippen LogP contribution in [0.2, 0.25) is 5.02 Å². The van der Waals surface area contributed by atoms with Crippen LogP contribution >= 0.6 is 27.5 Å². The van der Waals surface area contributed by atoms with Gasteiger partial charge in [-0.15, -0.1) is 0 Å². The van der Waals surface area contributed by atoms with Gasteiger partial charge in [0.25, 0.3) is 5.91 Å². The predicted molar refractivity (Wildman–Crippen MR) is 59.9 cm³/mol. The molecule has 0 spiro atoms. The molecular formula is C9H7BrClF3N2O. The number of carbonyl (C=O) groups excluding carboxylic acids is 1. The Hall–Kier alpha value is -0.820. The first-order valence-electron chi connectivity index (χ1n) is 4.40. The number of hydrogen-bond acceptors (Lipinski definition) is 2. The van der Waals surface area contributed by atoms with E-state index in [4.69, 9.17) is 11.6 Å². The van der Waals surface area contributed by atoms with E-state index in [1.54, 1.807) is 5.32 Å². The highest BCUT2D eigenvalue weighted by molar-refractivity contribution is 9.10. The van der Waals surface area contributed by atoms with Crippen molar-refractivity contribution < 1.29 is 18.0 Å². The Labute approximate surface area is 108 Å². The lowest BCUT2D eigenvalue weighted by atomic mass is 10.3. The molecule has 94 valence electrons. The quantitative estimate of drug-likeness (QED) is 0.904. The summed E-state index contributed by atoms with van der Waals surface area (Å²) >= 11 is 8.76. The van der Waals surface area contributed by atoms with Gasteiger partial charge in [0.2, 0.25) is 0 Å². The maximum absolute atomic E-state index is 12.2. The van der Waals surface area contributed by atoms with Gasteiger partial charge in [0, 0.05) is 10.7 Å². The predicted octanol–water partition coefficient (Wildman–Crippen LogP) is 3.18. The number of nitrogens with zero attached hydrogens (tertiary/aromatic N) is 1. The Morgan fingerprint density at radius 2 is 2.18 bits per heavy atom. The van der Waals surface area contributed by atoms with Crippen molar-refractivity contribution in [2.24, 2.45) is 0 Å². The lowest BCUT2D eigenvalue weighted by Crippen LogP contribution is -2.43. The molecule has 1 amide bonds. The number of carbonyl (C=O) groups is 1. The van der Waals surface area contributed by atoms with Crippen molar-refractivity contribution in [3.63, 3.8) is 0 Å². The second-order valence-electron chi connectivity index (χ2n) is 3.22. The van der Waals surface area contributed by atoms with E-state index in [1.807, 2.05) is 0 Å². The summed E-state index contributed by atoms with van der Waals surface area (Å²) in [4.78, 5) is 15.1. The summed E-state index contributed by atoms with van der Waals surface area (Å²) < 4.78 is 37.2. The third-order valence-electron chi connectivity index (χ3n) is 1.86. The average Bonchev–Trinajstić information content (AvgIpc) is 2.15. The van der Waals surface area contributed by atoms with E-state index in [2.05, 4.69) is 20.9 Å². The molecule has 17 heavy (non-hydrogen) atoms. The number of rotatable bonds is 2. The zero-order chi connectivity index (χ0) is 13.2. The molecule has 1 aromatic heterocycles. The molecule has 1 aromatic rings. The summed E-state index contributed by atoms with van der Waals surface area (Å²) in [7, 11) is 0. The van der Waals surface area contributed by atoms with Gasteiger partial charge in [-0.1, -0.05) is 11.6 Å². The molecule has 3 nitrogen and oxygen atoms in total. The maximum atomic E-state index is 12.2. The molecule has 1 rings (SSSR count). The minimum Gasteiger partial charge on any atom is -0.339 e. The Morgan fingerprint density at radius 1 is 1.59 bits per heavy atom. The third kappa shape index (κ3) is 3.85. The Balaban J connectivity index is 2.84. The van der Waals surface area contributed by atoms with Gasteiger partial charge in [0.15, 0.2) is 0 Å². The Kier molecular flexibility index (Phi) is 4.37. The van der Waals surface area contributed by atoms with Gasteiger partial charge in [-0.05, 0) is 28.9 Å². The van der Waals surface area contributed by atoms with E-state index in [0.717, 1.165) is 6.92 Å². The molecule has 0 aliphatic rings. The number of nitrogens with one attached hydrogen (secondary N) is 1. The van der Waals surface area contributed by atoms with Gasteiger partial charge in [-0.3, -0.25) is 4.79 Å². The SMILES string of the molecule is C[C@@H](NC(=O)c1ncc(Br)cc1Cl)C(F)(F)F. The normalized spacial score (nSPS) is 13.3. The Morgan fingerprint density at radius 3 is 2.65 bits per heavy atom. The average molecular weight is 332 g/mol. The molecule has 0 saturated heterocycles. The summed E-state index contributed by atoms with van der Waals surface area (Å²) in [5.41, 5.74) is -0.244. The number of pyridine rings is 1. The molecular weight excluding hydrogens is 324 g/mol. The van der Waals surface area contributed by atoms with Crippen molar-refractivity contribution in [2.45, 2.75) is 19.1 Å². The highest BCUT2D eigenvalue weighted by Crippen LogP contribution is 2.22. The number of aromatic nitrogens is 1. The topological polar surface area (TPSA) is 42.0 Å². The van der Waals surface area contributed by atoms with Gasteiger partial charge < -0.3 is 5.32 Å². The van der Waals surface area contributed by atoms with Crippen LogP contribution in [0.1, 0.15) is 17.4 Å². The molecule has 1 atom stereocenters. The molecule has 1 N–H and O–H groups in total. The summed E-state index contributed by atoms with van der Waals surface area (Å²) in [5, 5.41) is 1.75. The summed E-state index contributed by atoms with van der Waals surface area (Å²) in [6.45, 7) is 0.838. The summed E-state index contributed by atoms with van der Waals surface area (Å²) in [6.07, 6.45) is -3.23. The van der Waals surface area contributed by atoms with Crippen molar-refractivity contribution >= 4 is 33.4 Å². The van der Waals surface area contributed by atoms with Crippen molar-refractivity contribution in [2.75, 3.05) is 0 Å². The minimum absolute atomic E-state index is 0.0220. The highest BCUT2D eigenvalue weighted by atomic mass is 79.9. The maximum Gasteiger partial charge on any atom is 0.408 e. The van der Waals surface area contributed by atoms with Crippen molar-refractivity contribution in [3.05, 3.63) is 27.5 Å². The standard InChI is InChI=1S/C9H7BrClF3N2O/c1-4(9(12,13)14)16-8(17)7-6(11)2-5(10)3-15-7/h2-4H,1H3,(H,16,17)/t4-/m1/s1. The van der Waals surface area contributed by atoms with Crippen LogP contribution in [-0.4, -0.2) is 23.1 Å². The van der Waals surface area contributed by atoms with Gasteiger partial charge in [-0.25, -0.2) is 4.98 Å². The molecule has 1 heterocycles.